The second-order valence-corrected chi connectivity index (χ2v) is 4.21. The van der Waals surface area contributed by atoms with E-state index in [1.54, 1.807) is 0 Å². The van der Waals surface area contributed by atoms with Gasteiger partial charge in [0.05, 0.1) is 13.2 Å². The summed E-state index contributed by atoms with van der Waals surface area (Å²) < 4.78 is 37.1. The molecule has 0 spiro atoms. The van der Waals surface area contributed by atoms with Gasteiger partial charge in [-0.05, 0) is 6.42 Å². The van der Waals surface area contributed by atoms with Crippen molar-refractivity contribution >= 4 is 0 Å². The zero-order valence-corrected chi connectivity index (χ0v) is 11.0. The van der Waals surface area contributed by atoms with Crippen molar-refractivity contribution in [1.29, 1.82) is 0 Å². The van der Waals surface area contributed by atoms with E-state index in [-0.39, 0.29) is 17.9 Å². The van der Waals surface area contributed by atoms with Crippen molar-refractivity contribution in [2.75, 3.05) is 13.7 Å². The number of benzene rings is 1. The number of methoxy groups -OCH3 is 1. The van der Waals surface area contributed by atoms with E-state index >= 15 is 0 Å². The average Bonchev–Trinajstić information content (AvgIpc) is 2.33. The van der Waals surface area contributed by atoms with E-state index in [0.717, 1.165) is 25.7 Å². The molecule has 0 fully saturated rings. The Labute approximate surface area is 107 Å². The molecule has 0 bridgehead atoms. The van der Waals surface area contributed by atoms with Crippen LogP contribution in [-0.2, 0) is 11.3 Å². The van der Waals surface area contributed by atoms with Crippen LogP contribution in [0.5, 0.6) is 5.75 Å². The third-order valence-electron chi connectivity index (χ3n) is 2.67. The van der Waals surface area contributed by atoms with Gasteiger partial charge < -0.3 is 9.47 Å². The Balaban J connectivity index is 2.52. The molecule has 18 heavy (non-hydrogen) atoms. The van der Waals surface area contributed by atoms with E-state index in [9.17, 15) is 8.78 Å². The summed E-state index contributed by atoms with van der Waals surface area (Å²) in [4.78, 5) is 0. The van der Waals surface area contributed by atoms with Gasteiger partial charge >= 0.3 is 0 Å². The number of halogens is 2. The molecule has 1 rings (SSSR count). The average molecular weight is 258 g/mol. The SMILES string of the molecule is CCCCCCOc1cc(F)c(COC)c(F)c1. The normalized spacial score (nSPS) is 10.7. The summed E-state index contributed by atoms with van der Waals surface area (Å²) in [6.07, 6.45) is 4.27. The van der Waals surface area contributed by atoms with Crippen LogP contribution < -0.4 is 4.74 Å². The number of unbranched alkanes of at least 4 members (excludes halogenated alkanes) is 3. The van der Waals surface area contributed by atoms with Crippen LogP contribution in [0.25, 0.3) is 0 Å². The van der Waals surface area contributed by atoms with E-state index in [4.69, 9.17) is 9.47 Å². The molecule has 0 saturated heterocycles. The third-order valence-corrected chi connectivity index (χ3v) is 2.67. The van der Waals surface area contributed by atoms with Gasteiger partial charge in [0.2, 0.25) is 0 Å². The second-order valence-electron chi connectivity index (χ2n) is 4.21. The first kappa shape index (κ1) is 14.9. The lowest BCUT2D eigenvalue weighted by Crippen LogP contribution is -2.02. The van der Waals surface area contributed by atoms with E-state index in [1.807, 2.05) is 0 Å². The molecule has 0 saturated carbocycles. The van der Waals surface area contributed by atoms with Gasteiger partial charge in [-0.15, -0.1) is 0 Å². The van der Waals surface area contributed by atoms with Crippen LogP contribution in [0.3, 0.4) is 0 Å². The van der Waals surface area contributed by atoms with E-state index < -0.39 is 11.6 Å². The number of hydrogen-bond acceptors (Lipinski definition) is 2. The van der Waals surface area contributed by atoms with Crippen LogP contribution >= 0.6 is 0 Å². The first-order valence-corrected chi connectivity index (χ1v) is 6.28. The fourth-order valence-electron chi connectivity index (χ4n) is 1.66. The minimum atomic E-state index is -0.625. The number of ether oxygens (including phenoxy) is 2. The molecule has 0 heterocycles. The molecular weight excluding hydrogens is 238 g/mol. The standard InChI is InChI=1S/C14H20F2O2/c1-3-4-5-6-7-18-11-8-13(15)12(10-17-2)14(16)9-11/h8-9H,3-7,10H2,1-2H3. The van der Waals surface area contributed by atoms with Crippen LogP contribution in [0.1, 0.15) is 38.2 Å². The van der Waals surface area contributed by atoms with Gasteiger partial charge in [0.15, 0.2) is 0 Å². The summed E-state index contributed by atoms with van der Waals surface area (Å²) >= 11 is 0. The van der Waals surface area contributed by atoms with Crippen molar-refractivity contribution in [2.45, 2.75) is 39.2 Å². The Morgan fingerprint density at radius 3 is 2.28 bits per heavy atom. The van der Waals surface area contributed by atoms with Gasteiger partial charge in [-0.2, -0.15) is 0 Å². The molecule has 0 aliphatic heterocycles. The maximum Gasteiger partial charge on any atom is 0.135 e. The summed E-state index contributed by atoms with van der Waals surface area (Å²) in [5.74, 6) is -1.01. The monoisotopic (exact) mass is 258 g/mol. The van der Waals surface area contributed by atoms with Crippen molar-refractivity contribution in [3.8, 4) is 5.75 Å². The Morgan fingerprint density at radius 2 is 1.72 bits per heavy atom. The summed E-state index contributed by atoms with van der Waals surface area (Å²) in [5.41, 5.74) is -0.0594. The smallest absolute Gasteiger partial charge is 0.135 e. The highest BCUT2D eigenvalue weighted by Gasteiger charge is 2.11. The molecule has 4 heteroatoms. The van der Waals surface area contributed by atoms with Crippen LogP contribution in [0.15, 0.2) is 12.1 Å². The fraction of sp³-hybridized carbons (Fsp3) is 0.571. The van der Waals surface area contributed by atoms with Gasteiger partial charge in [0, 0.05) is 24.8 Å². The van der Waals surface area contributed by atoms with E-state index in [2.05, 4.69) is 6.92 Å². The second kappa shape index (κ2) is 8.03. The highest BCUT2D eigenvalue weighted by Crippen LogP contribution is 2.21. The van der Waals surface area contributed by atoms with Gasteiger partial charge in [-0.25, -0.2) is 8.78 Å². The van der Waals surface area contributed by atoms with Crippen LogP contribution in [0.2, 0.25) is 0 Å². The Morgan fingerprint density at radius 1 is 1.06 bits per heavy atom. The fourth-order valence-corrected chi connectivity index (χ4v) is 1.66. The lowest BCUT2D eigenvalue weighted by atomic mass is 10.2. The zero-order valence-electron chi connectivity index (χ0n) is 11.0. The van der Waals surface area contributed by atoms with Gasteiger partial charge in [0.25, 0.3) is 0 Å². The van der Waals surface area contributed by atoms with Gasteiger partial charge in [0.1, 0.15) is 17.4 Å². The van der Waals surface area contributed by atoms with Crippen LogP contribution in [0, 0.1) is 11.6 Å². The van der Waals surface area contributed by atoms with Crippen LogP contribution in [-0.4, -0.2) is 13.7 Å². The van der Waals surface area contributed by atoms with E-state index in [0.29, 0.717) is 6.61 Å². The molecular formula is C14H20F2O2. The highest BCUT2D eigenvalue weighted by atomic mass is 19.1. The molecule has 0 aliphatic rings. The molecule has 0 radical (unpaired) electrons. The van der Waals surface area contributed by atoms with Crippen molar-refractivity contribution in [3.05, 3.63) is 29.3 Å². The highest BCUT2D eigenvalue weighted by molar-refractivity contribution is 5.30. The van der Waals surface area contributed by atoms with Gasteiger partial charge in [-0.3, -0.25) is 0 Å². The minimum absolute atomic E-state index is 0.0594. The Kier molecular flexibility index (Phi) is 6.65. The first-order chi connectivity index (χ1) is 8.69. The molecule has 1 aromatic carbocycles. The molecule has 0 aromatic heterocycles. The van der Waals surface area contributed by atoms with Crippen molar-refractivity contribution in [3.63, 3.8) is 0 Å². The number of rotatable bonds is 8. The maximum atomic E-state index is 13.5. The molecule has 0 amide bonds. The van der Waals surface area contributed by atoms with Crippen molar-refractivity contribution < 1.29 is 18.3 Å². The summed E-state index contributed by atoms with van der Waals surface area (Å²) in [6, 6.07) is 2.41. The Hall–Kier alpha value is -1.16. The predicted molar refractivity (Wildman–Crippen MR) is 66.7 cm³/mol. The third kappa shape index (κ3) is 4.61. The molecule has 1 aromatic rings. The summed E-state index contributed by atoms with van der Waals surface area (Å²) in [5, 5.41) is 0. The zero-order chi connectivity index (χ0) is 13.4. The largest absolute Gasteiger partial charge is 0.493 e. The molecule has 0 N–H and O–H groups in total. The quantitative estimate of drug-likeness (QED) is 0.654. The van der Waals surface area contributed by atoms with Crippen molar-refractivity contribution in [1.82, 2.24) is 0 Å². The Bertz CT molecular complexity index is 344. The topological polar surface area (TPSA) is 18.5 Å². The predicted octanol–water partition coefficient (Wildman–Crippen LogP) is 4.07. The summed E-state index contributed by atoms with van der Waals surface area (Å²) in [6.45, 7) is 2.54. The minimum Gasteiger partial charge on any atom is -0.493 e. The van der Waals surface area contributed by atoms with Gasteiger partial charge in [-0.1, -0.05) is 26.2 Å². The van der Waals surface area contributed by atoms with Crippen molar-refractivity contribution in [2.24, 2.45) is 0 Å². The maximum absolute atomic E-state index is 13.5. The molecule has 0 unspecified atom stereocenters. The van der Waals surface area contributed by atoms with E-state index in [1.165, 1.54) is 19.2 Å². The summed E-state index contributed by atoms with van der Waals surface area (Å²) in [7, 11) is 1.40. The molecule has 0 aliphatic carbocycles. The molecule has 102 valence electrons. The molecule has 2 nitrogen and oxygen atoms in total. The first-order valence-electron chi connectivity index (χ1n) is 6.28. The molecule has 0 atom stereocenters. The number of hydrogen-bond donors (Lipinski definition) is 0. The lowest BCUT2D eigenvalue weighted by Gasteiger charge is -2.09. The lowest BCUT2D eigenvalue weighted by molar-refractivity contribution is 0.177. The van der Waals surface area contributed by atoms with Crippen LogP contribution in [0.4, 0.5) is 8.78 Å².